The van der Waals surface area contributed by atoms with Crippen molar-refractivity contribution in [3.8, 4) is 0 Å². The van der Waals surface area contributed by atoms with Crippen LogP contribution in [-0.2, 0) is 4.79 Å². The zero-order chi connectivity index (χ0) is 11.8. The lowest BCUT2D eigenvalue weighted by Crippen LogP contribution is -2.22. The minimum atomic E-state index is 0.297. The fourth-order valence-electron chi connectivity index (χ4n) is 1.50. The van der Waals surface area contributed by atoms with Crippen molar-refractivity contribution >= 4 is 12.5 Å². The molecule has 0 aromatic carbocycles. The van der Waals surface area contributed by atoms with E-state index < -0.39 is 0 Å². The predicted octanol–water partition coefficient (Wildman–Crippen LogP) is 2.14. The van der Waals surface area contributed by atoms with Crippen LogP contribution in [0.1, 0.15) is 27.7 Å². The van der Waals surface area contributed by atoms with Gasteiger partial charge >= 0.3 is 0 Å². The summed E-state index contributed by atoms with van der Waals surface area (Å²) >= 11 is 0. The van der Waals surface area contributed by atoms with Crippen molar-refractivity contribution in [2.24, 2.45) is 10.9 Å². The molecule has 0 aromatic rings. The number of carbonyl (C=O) groups is 1. The standard InChI is InChI=1S/C12H22N2O/c1-6-13-9-14(5)7-11(4)12(8-15)10(2)3/h6,8,10H,7,9H2,1-5H3/b12-11+,13-6?. The first-order valence-corrected chi connectivity index (χ1v) is 5.30. The summed E-state index contributed by atoms with van der Waals surface area (Å²) in [4.78, 5) is 17.1. The molecule has 0 aliphatic rings. The topological polar surface area (TPSA) is 32.7 Å². The SMILES string of the molecule is CC=NCN(C)C/C(C)=C(\C=O)C(C)C. The van der Waals surface area contributed by atoms with Crippen LogP contribution in [0.5, 0.6) is 0 Å². The number of hydrogen-bond donors (Lipinski definition) is 0. The number of hydrogen-bond acceptors (Lipinski definition) is 3. The lowest BCUT2D eigenvalue weighted by molar-refractivity contribution is -0.105. The molecule has 0 heterocycles. The van der Waals surface area contributed by atoms with Gasteiger partial charge in [0.25, 0.3) is 0 Å². The number of nitrogens with zero attached hydrogens (tertiary/aromatic N) is 2. The molecule has 0 aromatic heterocycles. The van der Waals surface area contributed by atoms with Gasteiger partial charge in [-0.2, -0.15) is 0 Å². The van der Waals surface area contributed by atoms with Crippen LogP contribution < -0.4 is 0 Å². The number of aldehydes is 1. The molecule has 0 amide bonds. The van der Waals surface area contributed by atoms with E-state index in [2.05, 4.69) is 9.89 Å². The Bertz CT molecular complexity index is 254. The molecule has 0 aliphatic heterocycles. The molecule has 86 valence electrons. The summed E-state index contributed by atoms with van der Waals surface area (Å²) in [5, 5.41) is 0. The van der Waals surface area contributed by atoms with Crippen LogP contribution in [0, 0.1) is 5.92 Å². The minimum absolute atomic E-state index is 0.297. The van der Waals surface area contributed by atoms with Crippen LogP contribution in [0.15, 0.2) is 16.1 Å². The Morgan fingerprint density at radius 2 is 2.07 bits per heavy atom. The molecular weight excluding hydrogens is 188 g/mol. The van der Waals surface area contributed by atoms with E-state index in [0.717, 1.165) is 24.0 Å². The van der Waals surface area contributed by atoms with Crippen LogP contribution in [0.2, 0.25) is 0 Å². The fourth-order valence-corrected chi connectivity index (χ4v) is 1.50. The molecule has 0 bridgehead atoms. The molecule has 0 fully saturated rings. The summed E-state index contributed by atoms with van der Waals surface area (Å²) < 4.78 is 0. The molecule has 15 heavy (non-hydrogen) atoms. The van der Waals surface area contributed by atoms with E-state index >= 15 is 0 Å². The van der Waals surface area contributed by atoms with E-state index in [1.165, 1.54) is 0 Å². The van der Waals surface area contributed by atoms with E-state index in [-0.39, 0.29) is 0 Å². The molecule has 0 saturated heterocycles. The van der Waals surface area contributed by atoms with Crippen molar-refractivity contribution in [1.82, 2.24) is 4.90 Å². The third kappa shape index (κ3) is 5.47. The average Bonchev–Trinajstić information content (AvgIpc) is 2.15. The Hall–Kier alpha value is -0.960. The molecule has 0 spiro atoms. The lowest BCUT2D eigenvalue weighted by Gasteiger charge is -2.17. The summed E-state index contributed by atoms with van der Waals surface area (Å²) in [5.74, 6) is 0.297. The van der Waals surface area contributed by atoms with Crippen molar-refractivity contribution in [2.45, 2.75) is 27.7 Å². The van der Waals surface area contributed by atoms with Gasteiger partial charge in [0.15, 0.2) is 0 Å². The average molecular weight is 210 g/mol. The van der Waals surface area contributed by atoms with Crippen LogP contribution >= 0.6 is 0 Å². The van der Waals surface area contributed by atoms with Crippen molar-refractivity contribution in [2.75, 3.05) is 20.3 Å². The number of rotatable bonds is 6. The Kier molecular flexibility index (Phi) is 6.88. The molecule has 0 atom stereocenters. The third-order valence-corrected chi connectivity index (χ3v) is 2.25. The Balaban J connectivity index is 4.42. The Morgan fingerprint density at radius 1 is 1.47 bits per heavy atom. The zero-order valence-corrected chi connectivity index (χ0v) is 10.4. The maximum Gasteiger partial charge on any atom is 0.146 e. The van der Waals surface area contributed by atoms with Crippen LogP contribution in [-0.4, -0.2) is 37.7 Å². The summed E-state index contributed by atoms with van der Waals surface area (Å²) in [6.45, 7) is 9.47. The largest absolute Gasteiger partial charge is 0.298 e. The van der Waals surface area contributed by atoms with E-state index in [4.69, 9.17) is 0 Å². The van der Waals surface area contributed by atoms with Crippen LogP contribution in [0.3, 0.4) is 0 Å². The first-order chi connectivity index (χ1) is 7.02. The second-order valence-corrected chi connectivity index (χ2v) is 4.10. The summed E-state index contributed by atoms with van der Waals surface area (Å²) in [7, 11) is 2.00. The number of likely N-dealkylation sites (N-methyl/N-ethyl adjacent to an activating group) is 1. The maximum absolute atomic E-state index is 10.9. The zero-order valence-electron chi connectivity index (χ0n) is 10.4. The molecule has 0 N–H and O–H groups in total. The highest BCUT2D eigenvalue weighted by molar-refractivity contribution is 5.75. The predicted molar refractivity (Wildman–Crippen MR) is 65.3 cm³/mol. The van der Waals surface area contributed by atoms with Gasteiger partial charge in [-0.3, -0.25) is 14.7 Å². The second-order valence-electron chi connectivity index (χ2n) is 4.10. The highest BCUT2D eigenvalue weighted by Crippen LogP contribution is 2.12. The monoisotopic (exact) mass is 210 g/mol. The van der Waals surface area contributed by atoms with Gasteiger partial charge in [-0.1, -0.05) is 19.4 Å². The molecule has 0 aliphatic carbocycles. The smallest absolute Gasteiger partial charge is 0.146 e. The number of allylic oxidation sites excluding steroid dienone is 1. The first kappa shape index (κ1) is 14.0. The van der Waals surface area contributed by atoms with Crippen molar-refractivity contribution < 1.29 is 4.79 Å². The van der Waals surface area contributed by atoms with Crippen LogP contribution in [0.4, 0.5) is 0 Å². The van der Waals surface area contributed by atoms with Crippen molar-refractivity contribution in [1.29, 1.82) is 0 Å². The molecule has 0 rings (SSSR count). The molecule has 3 heteroatoms. The Labute approximate surface area is 92.9 Å². The summed E-state index contributed by atoms with van der Waals surface area (Å²) in [6.07, 6.45) is 2.76. The van der Waals surface area contributed by atoms with Gasteiger partial charge < -0.3 is 0 Å². The van der Waals surface area contributed by atoms with Gasteiger partial charge in [0.05, 0.1) is 6.67 Å². The van der Waals surface area contributed by atoms with Gasteiger partial charge in [-0.25, -0.2) is 0 Å². The van der Waals surface area contributed by atoms with E-state index in [9.17, 15) is 4.79 Å². The van der Waals surface area contributed by atoms with Crippen molar-refractivity contribution in [3.63, 3.8) is 0 Å². The van der Waals surface area contributed by atoms with Gasteiger partial charge in [-0.05, 0) is 38.6 Å². The van der Waals surface area contributed by atoms with E-state index in [1.54, 1.807) is 6.21 Å². The Morgan fingerprint density at radius 3 is 2.47 bits per heavy atom. The van der Waals surface area contributed by atoms with E-state index in [0.29, 0.717) is 12.6 Å². The van der Waals surface area contributed by atoms with Gasteiger partial charge in [0.1, 0.15) is 6.29 Å². The number of aliphatic imine (C=N–C) groups is 1. The normalized spacial score (nSPS) is 13.8. The summed E-state index contributed by atoms with van der Waals surface area (Å²) in [6, 6.07) is 0. The fraction of sp³-hybridized carbons (Fsp3) is 0.667. The molecule has 0 saturated carbocycles. The quantitative estimate of drug-likeness (QED) is 0.382. The molecule has 3 nitrogen and oxygen atoms in total. The molecule has 0 unspecified atom stereocenters. The molecular formula is C12H22N2O. The van der Waals surface area contributed by atoms with Crippen molar-refractivity contribution in [3.05, 3.63) is 11.1 Å². The molecule has 0 radical (unpaired) electrons. The van der Waals surface area contributed by atoms with E-state index in [1.807, 2.05) is 34.7 Å². The van der Waals surface area contributed by atoms with Gasteiger partial charge in [0, 0.05) is 6.54 Å². The minimum Gasteiger partial charge on any atom is -0.298 e. The lowest BCUT2D eigenvalue weighted by atomic mass is 9.99. The summed E-state index contributed by atoms with van der Waals surface area (Å²) in [5.41, 5.74) is 2.04. The van der Waals surface area contributed by atoms with Crippen LogP contribution in [0.25, 0.3) is 0 Å². The van der Waals surface area contributed by atoms with Gasteiger partial charge in [-0.15, -0.1) is 0 Å². The third-order valence-electron chi connectivity index (χ3n) is 2.25. The highest BCUT2D eigenvalue weighted by Gasteiger charge is 2.07. The second kappa shape index (κ2) is 7.35. The maximum atomic E-state index is 10.9. The van der Waals surface area contributed by atoms with Gasteiger partial charge in [0.2, 0.25) is 0 Å². The first-order valence-electron chi connectivity index (χ1n) is 5.30. The number of carbonyl (C=O) groups excluding carboxylic acids is 1. The highest BCUT2D eigenvalue weighted by atomic mass is 16.1.